The van der Waals surface area contributed by atoms with Crippen LogP contribution in [0.4, 0.5) is 5.69 Å². The SMILES string of the molecule is CC1CCC(C(N)=O)CN1c1ccc(C(=O)O)cc1C#N. The first-order chi connectivity index (χ1) is 9.93. The van der Waals surface area contributed by atoms with Crippen molar-refractivity contribution < 1.29 is 14.7 Å². The summed E-state index contributed by atoms with van der Waals surface area (Å²) < 4.78 is 0. The fraction of sp³-hybridized carbons (Fsp3) is 0.400. The summed E-state index contributed by atoms with van der Waals surface area (Å²) in [6, 6.07) is 6.66. The third kappa shape index (κ3) is 2.97. The van der Waals surface area contributed by atoms with Crippen molar-refractivity contribution in [1.82, 2.24) is 0 Å². The molecular formula is C15H17N3O3. The van der Waals surface area contributed by atoms with Crippen LogP contribution in [-0.2, 0) is 4.79 Å². The Morgan fingerprint density at radius 1 is 1.43 bits per heavy atom. The number of hydrogen-bond acceptors (Lipinski definition) is 4. The number of nitriles is 1. The molecule has 1 aromatic rings. The summed E-state index contributed by atoms with van der Waals surface area (Å²) in [5.74, 6) is -1.65. The number of aromatic carboxylic acids is 1. The summed E-state index contributed by atoms with van der Waals surface area (Å²) in [5.41, 5.74) is 6.41. The van der Waals surface area contributed by atoms with Crippen LogP contribution in [0.1, 0.15) is 35.7 Å². The van der Waals surface area contributed by atoms with Gasteiger partial charge in [0, 0.05) is 12.6 Å². The van der Waals surface area contributed by atoms with Crippen LogP contribution in [0, 0.1) is 17.2 Å². The second-order valence-corrected chi connectivity index (χ2v) is 5.33. The van der Waals surface area contributed by atoms with Crippen molar-refractivity contribution >= 4 is 17.6 Å². The molecule has 0 saturated carbocycles. The van der Waals surface area contributed by atoms with Crippen molar-refractivity contribution in [2.24, 2.45) is 11.7 Å². The number of carbonyl (C=O) groups excluding carboxylic acids is 1. The quantitative estimate of drug-likeness (QED) is 0.872. The van der Waals surface area contributed by atoms with Crippen molar-refractivity contribution in [2.75, 3.05) is 11.4 Å². The number of piperidine rings is 1. The highest BCUT2D eigenvalue weighted by Gasteiger charge is 2.30. The standard InChI is InChI=1S/C15H17N3O3/c1-9-2-3-11(14(17)19)8-18(9)13-5-4-10(15(20)21)6-12(13)7-16/h4-6,9,11H,2-3,8H2,1H3,(H2,17,19)(H,20,21). The summed E-state index contributed by atoms with van der Waals surface area (Å²) >= 11 is 0. The second kappa shape index (κ2) is 5.83. The third-order valence-electron chi connectivity index (χ3n) is 3.96. The van der Waals surface area contributed by atoms with Gasteiger partial charge in [0.2, 0.25) is 5.91 Å². The summed E-state index contributed by atoms with van der Waals surface area (Å²) in [4.78, 5) is 24.3. The van der Waals surface area contributed by atoms with E-state index in [9.17, 15) is 14.9 Å². The number of carboxylic acid groups (broad SMARTS) is 1. The number of primary amides is 1. The largest absolute Gasteiger partial charge is 0.478 e. The predicted molar refractivity (Wildman–Crippen MR) is 76.8 cm³/mol. The molecule has 0 radical (unpaired) electrons. The molecule has 0 aromatic heterocycles. The molecule has 2 unspecified atom stereocenters. The zero-order valence-corrected chi connectivity index (χ0v) is 11.7. The van der Waals surface area contributed by atoms with E-state index in [0.29, 0.717) is 17.8 Å². The molecule has 110 valence electrons. The first-order valence-electron chi connectivity index (χ1n) is 6.77. The van der Waals surface area contributed by atoms with Crippen LogP contribution in [0.15, 0.2) is 18.2 Å². The average molecular weight is 287 g/mol. The van der Waals surface area contributed by atoms with E-state index in [4.69, 9.17) is 10.8 Å². The molecule has 6 nitrogen and oxygen atoms in total. The van der Waals surface area contributed by atoms with Crippen LogP contribution in [0.25, 0.3) is 0 Å². The molecule has 1 amide bonds. The van der Waals surface area contributed by atoms with Gasteiger partial charge in [-0.05, 0) is 38.0 Å². The van der Waals surface area contributed by atoms with Gasteiger partial charge in [-0.2, -0.15) is 5.26 Å². The first kappa shape index (κ1) is 14.9. The number of benzene rings is 1. The topological polar surface area (TPSA) is 107 Å². The van der Waals surface area contributed by atoms with E-state index in [2.05, 4.69) is 0 Å². The molecule has 1 fully saturated rings. The molecule has 1 aromatic carbocycles. The molecule has 1 saturated heterocycles. The van der Waals surface area contributed by atoms with E-state index < -0.39 is 5.97 Å². The third-order valence-corrected chi connectivity index (χ3v) is 3.96. The van der Waals surface area contributed by atoms with E-state index in [1.54, 1.807) is 6.07 Å². The molecule has 0 bridgehead atoms. The Hall–Kier alpha value is -2.55. The zero-order chi connectivity index (χ0) is 15.6. The number of hydrogen-bond donors (Lipinski definition) is 2. The fourth-order valence-electron chi connectivity index (χ4n) is 2.68. The molecule has 0 spiro atoms. The van der Waals surface area contributed by atoms with Gasteiger partial charge in [0.05, 0.1) is 22.7 Å². The maximum absolute atomic E-state index is 11.4. The van der Waals surface area contributed by atoms with Gasteiger partial charge in [0.1, 0.15) is 6.07 Å². The smallest absolute Gasteiger partial charge is 0.335 e. The Labute approximate surface area is 122 Å². The number of rotatable bonds is 3. The molecule has 2 rings (SSSR count). The molecule has 21 heavy (non-hydrogen) atoms. The van der Waals surface area contributed by atoms with E-state index in [-0.39, 0.29) is 23.4 Å². The lowest BCUT2D eigenvalue weighted by molar-refractivity contribution is -0.122. The maximum atomic E-state index is 11.4. The Morgan fingerprint density at radius 3 is 2.71 bits per heavy atom. The molecule has 1 aliphatic heterocycles. The number of nitrogens with two attached hydrogens (primary N) is 1. The number of carboxylic acids is 1. The van der Waals surface area contributed by atoms with Crippen LogP contribution in [0.3, 0.4) is 0 Å². The summed E-state index contributed by atoms with van der Waals surface area (Å²) in [6.45, 7) is 2.47. The second-order valence-electron chi connectivity index (χ2n) is 5.33. The van der Waals surface area contributed by atoms with Crippen LogP contribution in [-0.4, -0.2) is 29.6 Å². The normalized spacial score (nSPS) is 21.6. The predicted octanol–water partition coefficient (Wildman–Crippen LogP) is 1.35. The van der Waals surface area contributed by atoms with Crippen LogP contribution < -0.4 is 10.6 Å². The highest BCUT2D eigenvalue weighted by Crippen LogP contribution is 2.30. The van der Waals surface area contributed by atoms with E-state index >= 15 is 0 Å². The maximum Gasteiger partial charge on any atom is 0.335 e. The van der Waals surface area contributed by atoms with Gasteiger partial charge >= 0.3 is 5.97 Å². The van der Waals surface area contributed by atoms with Crippen LogP contribution in [0.2, 0.25) is 0 Å². The van der Waals surface area contributed by atoms with Crippen molar-refractivity contribution in [1.29, 1.82) is 5.26 Å². The molecule has 2 atom stereocenters. The van der Waals surface area contributed by atoms with Crippen molar-refractivity contribution in [3.8, 4) is 6.07 Å². The minimum Gasteiger partial charge on any atom is -0.478 e. The first-order valence-corrected chi connectivity index (χ1v) is 6.77. The number of amides is 1. The lowest BCUT2D eigenvalue weighted by Gasteiger charge is -2.39. The Morgan fingerprint density at radius 2 is 2.14 bits per heavy atom. The van der Waals surface area contributed by atoms with E-state index in [1.807, 2.05) is 17.9 Å². The van der Waals surface area contributed by atoms with E-state index in [1.165, 1.54) is 12.1 Å². The van der Waals surface area contributed by atoms with E-state index in [0.717, 1.165) is 12.8 Å². The van der Waals surface area contributed by atoms with Crippen LogP contribution >= 0.6 is 0 Å². The number of anilines is 1. The minimum atomic E-state index is -1.07. The monoisotopic (exact) mass is 287 g/mol. The van der Waals surface area contributed by atoms with Crippen molar-refractivity contribution in [3.63, 3.8) is 0 Å². The number of nitrogens with zero attached hydrogens (tertiary/aromatic N) is 2. The van der Waals surface area contributed by atoms with Gasteiger partial charge in [0.25, 0.3) is 0 Å². The molecule has 0 aliphatic carbocycles. The highest BCUT2D eigenvalue weighted by atomic mass is 16.4. The fourth-order valence-corrected chi connectivity index (χ4v) is 2.68. The lowest BCUT2D eigenvalue weighted by atomic mass is 9.91. The Balaban J connectivity index is 2.37. The summed E-state index contributed by atoms with van der Waals surface area (Å²) in [6.07, 6.45) is 1.54. The van der Waals surface area contributed by atoms with Gasteiger partial charge in [-0.15, -0.1) is 0 Å². The Kier molecular flexibility index (Phi) is 4.13. The van der Waals surface area contributed by atoms with Gasteiger partial charge < -0.3 is 15.7 Å². The van der Waals surface area contributed by atoms with Crippen molar-refractivity contribution in [3.05, 3.63) is 29.3 Å². The highest BCUT2D eigenvalue weighted by molar-refractivity contribution is 5.89. The van der Waals surface area contributed by atoms with Crippen molar-refractivity contribution in [2.45, 2.75) is 25.8 Å². The Bertz CT molecular complexity index is 621. The van der Waals surface area contributed by atoms with Gasteiger partial charge in [-0.3, -0.25) is 4.79 Å². The molecular weight excluding hydrogens is 270 g/mol. The lowest BCUT2D eigenvalue weighted by Crippen LogP contribution is -2.46. The zero-order valence-electron chi connectivity index (χ0n) is 11.7. The van der Waals surface area contributed by atoms with Gasteiger partial charge in [0.15, 0.2) is 0 Å². The van der Waals surface area contributed by atoms with Gasteiger partial charge in [-0.1, -0.05) is 0 Å². The average Bonchev–Trinajstić information content (AvgIpc) is 2.46. The molecule has 1 heterocycles. The number of carbonyl (C=O) groups is 2. The molecule has 1 aliphatic rings. The summed E-state index contributed by atoms with van der Waals surface area (Å²) in [5, 5.41) is 18.2. The summed E-state index contributed by atoms with van der Waals surface area (Å²) in [7, 11) is 0. The molecule has 6 heteroatoms. The minimum absolute atomic E-state index is 0.0754. The van der Waals surface area contributed by atoms with Gasteiger partial charge in [-0.25, -0.2) is 4.79 Å². The van der Waals surface area contributed by atoms with Crippen LogP contribution in [0.5, 0.6) is 0 Å². The molecule has 3 N–H and O–H groups in total.